The summed E-state index contributed by atoms with van der Waals surface area (Å²) in [5, 5.41) is 0. The van der Waals surface area contributed by atoms with E-state index >= 15 is 0 Å². The topological polar surface area (TPSA) is 71.3 Å². The van der Waals surface area contributed by atoms with E-state index in [1.165, 1.54) is 6.26 Å². The summed E-state index contributed by atoms with van der Waals surface area (Å²) in [6.45, 7) is 4.02. The van der Waals surface area contributed by atoms with Crippen molar-refractivity contribution in [3.63, 3.8) is 0 Å². The van der Waals surface area contributed by atoms with E-state index in [0.717, 1.165) is 38.5 Å². The van der Waals surface area contributed by atoms with Gasteiger partial charge in [0, 0.05) is 58.1 Å². The van der Waals surface area contributed by atoms with E-state index in [0.29, 0.717) is 10.7 Å². The second kappa shape index (κ2) is 6.29. The Morgan fingerprint density at radius 2 is 1.87 bits per heavy atom. The number of aryl methyl sites for hydroxylation is 1. The van der Waals surface area contributed by atoms with Crippen LogP contribution >= 0.6 is 0 Å². The quantitative estimate of drug-likeness (QED) is 0.812. The number of hydrogen-bond acceptors (Lipinski definition) is 6. The summed E-state index contributed by atoms with van der Waals surface area (Å²) in [6.07, 6.45) is 6.62. The number of anilines is 1. The lowest BCUT2D eigenvalue weighted by molar-refractivity contribution is 0.241. The van der Waals surface area contributed by atoms with Crippen molar-refractivity contribution in [1.29, 1.82) is 0 Å². The molecule has 0 saturated carbocycles. The van der Waals surface area contributed by atoms with E-state index in [2.05, 4.69) is 14.9 Å². The molecule has 3 rings (SSSR count). The van der Waals surface area contributed by atoms with Crippen molar-refractivity contribution < 1.29 is 8.42 Å². The van der Waals surface area contributed by atoms with E-state index in [1.807, 2.05) is 22.7 Å². The third kappa shape index (κ3) is 3.53. The van der Waals surface area contributed by atoms with Gasteiger partial charge in [0.15, 0.2) is 9.84 Å². The van der Waals surface area contributed by atoms with Gasteiger partial charge in [-0.15, -0.1) is 0 Å². The van der Waals surface area contributed by atoms with Crippen molar-refractivity contribution in [1.82, 2.24) is 19.4 Å². The van der Waals surface area contributed by atoms with Crippen molar-refractivity contribution >= 4 is 15.7 Å². The van der Waals surface area contributed by atoms with E-state index < -0.39 is 9.84 Å². The first-order chi connectivity index (χ1) is 10.9. The zero-order chi connectivity index (χ0) is 16.4. The maximum absolute atomic E-state index is 11.9. The smallest absolute Gasteiger partial charge is 0.179 e. The van der Waals surface area contributed by atoms with Gasteiger partial charge in [-0.25, -0.2) is 18.4 Å². The number of imidazole rings is 1. The second-order valence-electron chi connectivity index (χ2n) is 5.81. The zero-order valence-corrected chi connectivity index (χ0v) is 14.2. The molecule has 0 bridgehead atoms. The maximum atomic E-state index is 11.9. The monoisotopic (exact) mass is 335 g/mol. The van der Waals surface area contributed by atoms with Crippen molar-refractivity contribution in [3.05, 3.63) is 36.5 Å². The molecule has 0 amide bonds. The Balaban J connectivity index is 1.69. The average Bonchev–Trinajstić information content (AvgIpc) is 2.92. The van der Waals surface area contributed by atoms with Gasteiger partial charge in [0.2, 0.25) is 0 Å². The minimum Gasteiger partial charge on any atom is -0.353 e. The normalized spacial score (nSPS) is 16.7. The highest BCUT2D eigenvalue weighted by Crippen LogP contribution is 2.23. The molecule has 8 heteroatoms. The molecule has 7 nitrogen and oxygen atoms in total. The predicted molar refractivity (Wildman–Crippen MR) is 88.0 cm³/mol. The van der Waals surface area contributed by atoms with Crippen LogP contribution in [0.5, 0.6) is 0 Å². The molecule has 1 fully saturated rings. The zero-order valence-electron chi connectivity index (χ0n) is 13.4. The molecule has 23 heavy (non-hydrogen) atoms. The number of aromatic nitrogens is 3. The summed E-state index contributed by atoms with van der Waals surface area (Å²) < 4.78 is 25.9. The fraction of sp³-hybridized carbons (Fsp3) is 0.467. The number of piperazine rings is 1. The van der Waals surface area contributed by atoms with Crippen LogP contribution in [0.3, 0.4) is 0 Å². The standard InChI is InChI=1S/C15H21N5O2S/c1-18-7-6-16-14(18)12-19-8-10-20(11-9-19)15-13(23(2,21)22)4-3-5-17-15/h3-7H,8-12H2,1-2H3. The van der Waals surface area contributed by atoms with E-state index in [9.17, 15) is 8.42 Å². The van der Waals surface area contributed by atoms with E-state index in [4.69, 9.17) is 0 Å². The maximum Gasteiger partial charge on any atom is 0.179 e. The van der Waals surface area contributed by atoms with Crippen LogP contribution in [0.1, 0.15) is 5.82 Å². The van der Waals surface area contributed by atoms with Crippen molar-refractivity contribution in [2.45, 2.75) is 11.4 Å². The predicted octanol–water partition coefficient (Wildman–Crippen LogP) is 0.541. The minimum atomic E-state index is -3.27. The van der Waals surface area contributed by atoms with Gasteiger partial charge in [-0.05, 0) is 12.1 Å². The lowest BCUT2D eigenvalue weighted by Gasteiger charge is -2.35. The number of hydrogen-bond donors (Lipinski definition) is 0. The van der Waals surface area contributed by atoms with Gasteiger partial charge in [-0.1, -0.05) is 0 Å². The first kappa shape index (κ1) is 15.9. The van der Waals surface area contributed by atoms with Crippen LogP contribution in [0.25, 0.3) is 0 Å². The average molecular weight is 335 g/mol. The highest BCUT2D eigenvalue weighted by atomic mass is 32.2. The highest BCUT2D eigenvalue weighted by Gasteiger charge is 2.23. The lowest BCUT2D eigenvalue weighted by Crippen LogP contribution is -2.46. The summed E-state index contributed by atoms with van der Waals surface area (Å²) in [7, 11) is -1.28. The fourth-order valence-electron chi connectivity index (χ4n) is 2.78. The molecule has 0 N–H and O–H groups in total. The number of pyridine rings is 1. The minimum absolute atomic E-state index is 0.303. The van der Waals surface area contributed by atoms with Crippen LogP contribution in [0, 0.1) is 0 Å². The molecule has 1 saturated heterocycles. The summed E-state index contributed by atoms with van der Waals surface area (Å²) in [6, 6.07) is 3.29. The lowest BCUT2D eigenvalue weighted by atomic mass is 10.3. The Hall–Kier alpha value is -1.93. The summed E-state index contributed by atoms with van der Waals surface area (Å²) in [5.74, 6) is 1.60. The molecule has 0 spiro atoms. The first-order valence-electron chi connectivity index (χ1n) is 7.54. The SMILES string of the molecule is Cn1ccnc1CN1CCN(c2ncccc2S(C)(=O)=O)CC1. The molecule has 2 aromatic rings. The van der Waals surface area contributed by atoms with E-state index in [-0.39, 0.29) is 0 Å². The van der Waals surface area contributed by atoms with Gasteiger partial charge in [0.25, 0.3) is 0 Å². The Kier molecular flexibility index (Phi) is 4.36. The largest absolute Gasteiger partial charge is 0.353 e. The van der Waals surface area contributed by atoms with Crippen LogP contribution in [0.2, 0.25) is 0 Å². The number of sulfone groups is 1. The third-order valence-corrected chi connectivity index (χ3v) is 5.23. The Morgan fingerprint density at radius 3 is 2.48 bits per heavy atom. The summed E-state index contributed by atoms with van der Waals surface area (Å²) in [4.78, 5) is 13.3. The van der Waals surface area contributed by atoms with Gasteiger partial charge in [0.05, 0.1) is 6.54 Å². The van der Waals surface area contributed by atoms with Crippen LogP contribution in [0.15, 0.2) is 35.6 Å². The molecular weight excluding hydrogens is 314 g/mol. The molecule has 0 unspecified atom stereocenters. The van der Waals surface area contributed by atoms with Gasteiger partial charge >= 0.3 is 0 Å². The molecule has 1 aliphatic rings. The second-order valence-corrected chi connectivity index (χ2v) is 7.80. The molecule has 2 aromatic heterocycles. The van der Waals surface area contributed by atoms with Crippen molar-refractivity contribution in [3.8, 4) is 0 Å². The molecule has 0 aliphatic carbocycles. The Labute approximate surface area is 136 Å². The molecule has 0 radical (unpaired) electrons. The van der Waals surface area contributed by atoms with Crippen molar-refractivity contribution in [2.75, 3.05) is 37.3 Å². The van der Waals surface area contributed by atoms with Crippen LogP contribution in [-0.2, 0) is 23.4 Å². The molecule has 0 aromatic carbocycles. The molecule has 0 atom stereocenters. The first-order valence-corrected chi connectivity index (χ1v) is 9.43. The summed E-state index contributed by atoms with van der Waals surface area (Å²) >= 11 is 0. The molecule has 1 aliphatic heterocycles. The number of rotatable bonds is 4. The van der Waals surface area contributed by atoms with Crippen LogP contribution in [0.4, 0.5) is 5.82 Å². The fourth-order valence-corrected chi connectivity index (χ4v) is 3.61. The van der Waals surface area contributed by atoms with E-state index in [1.54, 1.807) is 24.5 Å². The van der Waals surface area contributed by atoms with Gasteiger partial charge in [0.1, 0.15) is 16.5 Å². The van der Waals surface area contributed by atoms with Crippen molar-refractivity contribution in [2.24, 2.45) is 7.05 Å². The Bertz CT molecular complexity index is 779. The van der Waals surface area contributed by atoms with Crippen LogP contribution in [-0.4, -0.2) is 60.3 Å². The Morgan fingerprint density at radius 1 is 1.13 bits per heavy atom. The van der Waals surface area contributed by atoms with Crippen LogP contribution < -0.4 is 4.90 Å². The summed E-state index contributed by atoms with van der Waals surface area (Å²) in [5.41, 5.74) is 0. The third-order valence-electron chi connectivity index (χ3n) is 4.11. The number of nitrogens with zero attached hydrogens (tertiary/aromatic N) is 5. The molecule has 124 valence electrons. The van der Waals surface area contributed by atoms with Gasteiger partial charge in [-0.2, -0.15) is 0 Å². The highest BCUT2D eigenvalue weighted by molar-refractivity contribution is 7.90. The van der Waals surface area contributed by atoms with Gasteiger partial charge in [-0.3, -0.25) is 4.90 Å². The van der Waals surface area contributed by atoms with Gasteiger partial charge < -0.3 is 9.47 Å². The molecular formula is C15H21N5O2S. The molecule has 3 heterocycles.